The van der Waals surface area contributed by atoms with Crippen molar-refractivity contribution in [1.82, 2.24) is 10.3 Å². The average molecular weight is 349 g/mol. The molecular weight excluding hydrogens is 329 g/mol. The number of carboxylic acid groups (broad SMARTS) is 1. The van der Waals surface area contributed by atoms with Crippen LogP contribution in [0.2, 0.25) is 0 Å². The number of hydrazone groups is 1. The summed E-state index contributed by atoms with van der Waals surface area (Å²) in [4.78, 5) is 35.6. The molecule has 1 atom stereocenters. The second-order valence-electron chi connectivity index (χ2n) is 6.07. The number of carbonyl (C=O) groups is 3. The first kappa shape index (κ1) is 18.6. The number of carboxylic acids is 1. The Morgan fingerprint density at radius 1 is 1.32 bits per heavy atom. The van der Waals surface area contributed by atoms with E-state index in [1.165, 1.54) is 31.2 Å². The van der Waals surface area contributed by atoms with E-state index >= 15 is 0 Å². The van der Waals surface area contributed by atoms with Gasteiger partial charge in [-0.25, -0.2) is 14.2 Å². The van der Waals surface area contributed by atoms with Crippen molar-refractivity contribution < 1.29 is 23.9 Å². The molecule has 1 aromatic rings. The van der Waals surface area contributed by atoms with Gasteiger partial charge in [-0.15, -0.1) is 0 Å². The Bertz CT molecular complexity index is 717. The Morgan fingerprint density at radius 2 is 1.96 bits per heavy atom. The summed E-state index contributed by atoms with van der Waals surface area (Å²) in [5, 5.41) is 16.9. The standard InChI is InChI=1S/C17H20FN3O4/c1-3-17(2,16(24)25)19-15(23)13-8-9-14(22)21(20-13)10-11-4-6-12(18)7-5-11/h4-7H,3,8-10H2,1-2H3,(H,19,23)(H,24,25). The smallest absolute Gasteiger partial charge is 0.329 e. The van der Waals surface area contributed by atoms with E-state index in [1.807, 2.05) is 0 Å². The molecule has 2 amide bonds. The van der Waals surface area contributed by atoms with Crippen LogP contribution in [0.3, 0.4) is 0 Å². The summed E-state index contributed by atoms with van der Waals surface area (Å²) < 4.78 is 13.0. The second kappa shape index (κ2) is 7.42. The summed E-state index contributed by atoms with van der Waals surface area (Å²) in [6, 6.07) is 5.62. The van der Waals surface area contributed by atoms with E-state index in [-0.39, 0.29) is 43.2 Å². The van der Waals surface area contributed by atoms with Crippen LogP contribution in [0.1, 0.15) is 38.7 Å². The number of carbonyl (C=O) groups excluding carboxylic acids is 2. The SMILES string of the molecule is CCC(C)(NC(=O)C1=NN(Cc2ccc(F)cc2)C(=O)CC1)C(=O)O. The third kappa shape index (κ3) is 4.40. The van der Waals surface area contributed by atoms with Crippen molar-refractivity contribution in [2.24, 2.45) is 5.10 Å². The molecule has 0 bridgehead atoms. The zero-order chi connectivity index (χ0) is 18.6. The Hall–Kier alpha value is -2.77. The van der Waals surface area contributed by atoms with Crippen LogP contribution in [0.25, 0.3) is 0 Å². The molecule has 0 saturated carbocycles. The summed E-state index contributed by atoms with van der Waals surface area (Å²) >= 11 is 0. The van der Waals surface area contributed by atoms with E-state index in [9.17, 15) is 23.9 Å². The molecule has 2 rings (SSSR count). The molecule has 1 aromatic carbocycles. The van der Waals surface area contributed by atoms with Gasteiger partial charge in [0.2, 0.25) is 5.91 Å². The number of aliphatic carboxylic acids is 1. The second-order valence-corrected chi connectivity index (χ2v) is 6.07. The molecule has 0 saturated heterocycles. The van der Waals surface area contributed by atoms with E-state index in [2.05, 4.69) is 10.4 Å². The lowest BCUT2D eigenvalue weighted by molar-refractivity contribution is -0.146. The summed E-state index contributed by atoms with van der Waals surface area (Å²) in [6.07, 6.45) is 0.451. The minimum Gasteiger partial charge on any atom is -0.480 e. The first-order chi connectivity index (χ1) is 11.7. The first-order valence-electron chi connectivity index (χ1n) is 7.93. The minimum atomic E-state index is -1.40. The molecule has 0 aliphatic carbocycles. The number of hydrogen-bond donors (Lipinski definition) is 2. The number of rotatable bonds is 6. The maximum atomic E-state index is 13.0. The van der Waals surface area contributed by atoms with E-state index in [1.54, 1.807) is 6.92 Å². The number of benzene rings is 1. The van der Waals surface area contributed by atoms with Crippen LogP contribution in [0.4, 0.5) is 4.39 Å². The number of halogens is 1. The zero-order valence-electron chi connectivity index (χ0n) is 14.1. The molecule has 0 fully saturated rings. The quantitative estimate of drug-likeness (QED) is 0.816. The number of nitrogens with zero attached hydrogens (tertiary/aromatic N) is 2. The molecule has 1 aliphatic rings. The van der Waals surface area contributed by atoms with Gasteiger partial charge in [-0.05, 0) is 31.0 Å². The van der Waals surface area contributed by atoms with Gasteiger partial charge < -0.3 is 10.4 Å². The zero-order valence-corrected chi connectivity index (χ0v) is 14.1. The van der Waals surface area contributed by atoms with Gasteiger partial charge in [-0.2, -0.15) is 5.10 Å². The maximum absolute atomic E-state index is 13.0. The molecule has 25 heavy (non-hydrogen) atoms. The molecular formula is C17H20FN3O4. The summed E-state index contributed by atoms with van der Waals surface area (Å²) in [6.45, 7) is 3.18. The Morgan fingerprint density at radius 3 is 2.52 bits per heavy atom. The Kier molecular flexibility index (Phi) is 5.51. The fraction of sp³-hybridized carbons (Fsp3) is 0.412. The third-order valence-electron chi connectivity index (χ3n) is 4.18. The van der Waals surface area contributed by atoms with Crippen molar-refractivity contribution >= 4 is 23.5 Å². The number of amides is 2. The predicted molar refractivity (Wildman–Crippen MR) is 88.1 cm³/mol. The molecule has 0 aromatic heterocycles. The molecule has 7 nitrogen and oxygen atoms in total. The van der Waals surface area contributed by atoms with Crippen molar-refractivity contribution in [3.8, 4) is 0 Å². The van der Waals surface area contributed by atoms with Gasteiger partial charge in [-0.3, -0.25) is 9.59 Å². The summed E-state index contributed by atoms with van der Waals surface area (Å²) in [7, 11) is 0. The van der Waals surface area contributed by atoms with E-state index < -0.39 is 17.4 Å². The van der Waals surface area contributed by atoms with E-state index in [0.29, 0.717) is 5.56 Å². The predicted octanol–water partition coefficient (Wildman–Crippen LogP) is 1.67. The minimum absolute atomic E-state index is 0.0997. The number of nitrogens with one attached hydrogen (secondary N) is 1. The van der Waals surface area contributed by atoms with Gasteiger partial charge >= 0.3 is 5.97 Å². The molecule has 1 aliphatic heterocycles. The first-order valence-corrected chi connectivity index (χ1v) is 7.93. The maximum Gasteiger partial charge on any atom is 0.329 e. The van der Waals surface area contributed by atoms with Crippen LogP contribution in [-0.2, 0) is 20.9 Å². The highest BCUT2D eigenvalue weighted by molar-refractivity contribution is 6.40. The van der Waals surface area contributed by atoms with Gasteiger partial charge in [0.1, 0.15) is 17.1 Å². The highest BCUT2D eigenvalue weighted by atomic mass is 19.1. The van der Waals surface area contributed by atoms with Gasteiger partial charge in [0.15, 0.2) is 0 Å². The fourth-order valence-corrected chi connectivity index (χ4v) is 2.27. The summed E-state index contributed by atoms with van der Waals surface area (Å²) in [5.74, 6) is -2.38. The highest BCUT2D eigenvalue weighted by Gasteiger charge is 2.35. The molecule has 0 radical (unpaired) electrons. The average Bonchev–Trinajstić information content (AvgIpc) is 2.58. The van der Waals surface area contributed by atoms with Crippen molar-refractivity contribution in [1.29, 1.82) is 0 Å². The largest absolute Gasteiger partial charge is 0.480 e. The monoisotopic (exact) mass is 349 g/mol. The molecule has 0 spiro atoms. The van der Waals surface area contributed by atoms with Gasteiger partial charge in [0, 0.05) is 12.8 Å². The highest BCUT2D eigenvalue weighted by Crippen LogP contribution is 2.16. The van der Waals surface area contributed by atoms with E-state index in [0.717, 1.165) is 5.01 Å². The van der Waals surface area contributed by atoms with Gasteiger partial charge in [0.05, 0.1) is 6.54 Å². The van der Waals surface area contributed by atoms with Crippen LogP contribution in [-0.4, -0.2) is 39.1 Å². The Labute approximate surface area is 144 Å². The topological polar surface area (TPSA) is 99.1 Å². The van der Waals surface area contributed by atoms with Crippen molar-refractivity contribution in [3.63, 3.8) is 0 Å². The lowest BCUT2D eigenvalue weighted by Crippen LogP contribution is -2.54. The third-order valence-corrected chi connectivity index (χ3v) is 4.18. The fourth-order valence-electron chi connectivity index (χ4n) is 2.27. The Balaban J connectivity index is 2.15. The van der Waals surface area contributed by atoms with Crippen LogP contribution in [0.5, 0.6) is 0 Å². The lowest BCUT2D eigenvalue weighted by Gasteiger charge is -2.27. The van der Waals surface area contributed by atoms with Crippen molar-refractivity contribution in [2.75, 3.05) is 0 Å². The van der Waals surface area contributed by atoms with Gasteiger partial charge in [0.25, 0.3) is 5.91 Å². The lowest BCUT2D eigenvalue weighted by atomic mass is 9.98. The van der Waals surface area contributed by atoms with Crippen molar-refractivity contribution in [2.45, 2.75) is 45.2 Å². The summed E-state index contributed by atoms with van der Waals surface area (Å²) in [5.41, 5.74) is -0.630. The van der Waals surface area contributed by atoms with Gasteiger partial charge in [-0.1, -0.05) is 19.1 Å². The van der Waals surface area contributed by atoms with Crippen molar-refractivity contribution in [3.05, 3.63) is 35.6 Å². The van der Waals surface area contributed by atoms with Crippen LogP contribution in [0.15, 0.2) is 29.4 Å². The van der Waals surface area contributed by atoms with Crippen LogP contribution in [0, 0.1) is 5.82 Å². The molecule has 134 valence electrons. The van der Waals surface area contributed by atoms with Crippen LogP contribution >= 0.6 is 0 Å². The molecule has 1 heterocycles. The van der Waals surface area contributed by atoms with E-state index in [4.69, 9.17) is 0 Å². The molecule has 1 unspecified atom stereocenters. The molecule has 8 heteroatoms. The number of hydrogen-bond acceptors (Lipinski definition) is 4. The van der Waals surface area contributed by atoms with Crippen LogP contribution < -0.4 is 5.32 Å². The molecule has 2 N–H and O–H groups in total. The normalized spacial score (nSPS) is 16.8.